The largest absolute Gasteiger partial charge is 0.465 e. The molecule has 0 aliphatic carbocycles. The second-order valence-corrected chi connectivity index (χ2v) is 9.67. The van der Waals surface area contributed by atoms with E-state index >= 15 is 0 Å². The van der Waals surface area contributed by atoms with E-state index < -0.39 is 28.4 Å². The number of carbonyl (C=O) groups excluding carboxylic acids is 2. The van der Waals surface area contributed by atoms with E-state index in [1.165, 1.54) is 37.4 Å². The first kappa shape index (κ1) is 24.3. The summed E-state index contributed by atoms with van der Waals surface area (Å²) < 4.78 is 32.6. The predicted molar refractivity (Wildman–Crippen MR) is 128 cm³/mol. The van der Waals surface area contributed by atoms with Crippen molar-refractivity contribution in [2.75, 3.05) is 23.3 Å². The highest BCUT2D eigenvalue weighted by Crippen LogP contribution is 2.26. The quantitative estimate of drug-likeness (QED) is 0.493. The first-order valence-electron chi connectivity index (χ1n) is 9.95. The van der Waals surface area contributed by atoms with Gasteiger partial charge < -0.3 is 10.1 Å². The van der Waals surface area contributed by atoms with Crippen LogP contribution in [0.15, 0.2) is 71.6 Å². The second-order valence-electron chi connectivity index (χ2n) is 7.41. The summed E-state index contributed by atoms with van der Waals surface area (Å²) >= 11 is 6.03. The number of hydrogen-bond donors (Lipinski definition) is 1. The number of aryl methyl sites for hydroxylation is 2. The maximum atomic E-state index is 13.4. The van der Waals surface area contributed by atoms with E-state index in [1.54, 1.807) is 30.3 Å². The summed E-state index contributed by atoms with van der Waals surface area (Å²) in [6.07, 6.45) is 0. The summed E-state index contributed by atoms with van der Waals surface area (Å²) in [6.45, 7) is 3.23. The van der Waals surface area contributed by atoms with E-state index in [2.05, 4.69) is 5.32 Å². The van der Waals surface area contributed by atoms with Crippen LogP contribution < -0.4 is 9.62 Å². The van der Waals surface area contributed by atoms with Crippen molar-refractivity contribution in [2.45, 2.75) is 18.7 Å². The first-order valence-corrected chi connectivity index (χ1v) is 11.8. The molecular formula is C24H23ClN2O5S. The minimum Gasteiger partial charge on any atom is -0.465 e. The van der Waals surface area contributed by atoms with Gasteiger partial charge >= 0.3 is 5.97 Å². The van der Waals surface area contributed by atoms with Crippen molar-refractivity contribution in [3.63, 3.8) is 0 Å². The van der Waals surface area contributed by atoms with Crippen molar-refractivity contribution in [2.24, 2.45) is 0 Å². The molecule has 0 saturated carbocycles. The van der Waals surface area contributed by atoms with Crippen molar-refractivity contribution in [1.82, 2.24) is 0 Å². The Labute approximate surface area is 198 Å². The van der Waals surface area contributed by atoms with Crippen LogP contribution in [0.3, 0.4) is 0 Å². The lowest BCUT2D eigenvalue weighted by molar-refractivity contribution is -0.114. The van der Waals surface area contributed by atoms with Crippen LogP contribution in [-0.2, 0) is 19.6 Å². The van der Waals surface area contributed by atoms with E-state index in [0.29, 0.717) is 5.69 Å². The van der Waals surface area contributed by atoms with Crippen molar-refractivity contribution < 1.29 is 22.7 Å². The molecule has 0 fully saturated rings. The van der Waals surface area contributed by atoms with Crippen LogP contribution in [0, 0.1) is 13.8 Å². The van der Waals surface area contributed by atoms with Gasteiger partial charge in [0.1, 0.15) is 6.54 Å². The fraction of sp³-hybridized carbons (Fsp3) is 0.167. The van der Waals surface area contributed by atoms with Gasteiger partial charge in [-0.15, -0.1) is 0 Å². The number of nitrogens with zero attached hydrogens (tertiary/aromatic N) is 1. The molecule has 3 aromatic rings. The Bertz CT molecular complexity index is 1270. The number of sulfonamides is 1. The molecule has 0 atom stereocenters. The van der Waals surface area contributed by atoms with Gasteiger partial charge in [0.25, 0.3) is 10.0 Å². The van der Waals surface area contributed by atoms with Gasteiger partial charge in [0.05, 0.1) is 28.3 Å². The van der Waals surface area contributed by atoms with Crippen LogP contribution in [0.5, 0.6) is 0 Å². The van der Waals surface area contributed by atoms with Gasteiger partial charge in [-0.05, 0) is 67.4 Å². The lowest BCUT2D eigenvalue weighted by atomic mass is 10.1. The zero-order valence-electron chi connectivity index (χ0n) is 18.3. The Morgan fingerprint density at radius 2 is 1.61 bits per heavy atom. The summed E-state index contributed by atoms with van der Waals surface area (Å²) in [5.41, 5.74) is 2.46. The minimum absolute atomic E-state index is 0.0661. The van der Waals surface area contributed by atoms with Crippen LogP contribution in [0.1, 0.15) is 21.5 Å². The monoisotopic (exact) mass is 486 g/mol. The molecule has 1 amide bonds. The lowest BCUT2D eigenvalue weighted by Crippen LogP contribution is -2.38. The van der Waals surface area contributed by atoms with E-state index in [4.69, 9.17) is 16.3 Å². The second kappa shape index (κ2) is 10.1. The van der Waals surface area contributed by atoms with Crippen LogP contribution in [0.4, 0.5) is 11.4 Å². The number of nitrogens with one attached hydrogen (secondary N) is 1. The molecule has 1 N–H and O–H groups in total. The third-order valence-electron chi connectivity index (χ3n) is 4.77. The topological polar surface area (TPSA) is 92.8 Å². The van der Waals surface area contributed by atoms with Gasteiger partial charge in [-0.1, -0.05) is 35.9 Å². The van der Waals surface area contributed by atoms with Crippen molar-refractivity contribution >= 4 is 44.9 Å². The number of methoxy groups -OCH3 is 1. The van der Waals surface area contributed by atoms with Gasteiger partial charge in [-0.25, -0.2) is 13.2 Å². The molecule has 3 aromatic carbocycles. The highest BCUT2D eigenvalue weighted by atomic mass is 35.5. The third-order valence-corrected chi connectivity index (χ3v) is 6.89. The Balaban J connectivity index is 1.96. The van der Waals surface area contributed by atoms with Gasteiger partial charge in [-0.2, -0.15) is 0 Å². The Morgan fingerprint density at radius 3 is 2.21 bits per heavy atom. The molecule has 172 valence electrons. The summed E-state index contributed by atoms with van der Waals surface area (Å²) in [7, 11) is -2.81. The Kier molecular flexibility index (Phi) is 7.40. The SMILES string of the molecule is COC(=O)c1cc(NC(=O)CN(c2cc(C)cc(C)c2)S(=O)(=O)c2ccccc2)ccc1Cl. The number of benzene rings is 3. The molecule has 7 nitrogen and oxygen atoms in total. The number of carbonyl (C=O) groups is 2. The zero-order chi connectivity index (χ0) is 24.2. The number of esters is 1. The van der Waals surface area contributed by atoms with Crippen molar-refractivity contribution in [3.05, 3.63) is 88.4 Å². The van der Waals surface area contributed by atoms with Crippen LogP contribution in [-0.4, -0.2) is 33.9 Å². The lowest BCUT2D eigenvalue weighted by Gasteiger charge is -2.25. The molecule has 0 spiro atoms. The zero-order valence-corrected chi connectivity index (χ0v) is 19.9. The number of hydrogen-bond acceptors (Lipinski definition) is 5. The highest BCUT2D eigenvalue weighted by molar-refractivity contribution is 7.92. The molecule has 33 heavy (non-hydrogen) atoms. The molecule has 0 unspecified atom stereocenters. The summed E-state index contributed by atoms with van der Waals surface area (Å²) in [4.78, 5) is 24.9. The molecule has 0 heterocycles. The van der Waals surface area contributed by atoms with E-state index in [-0.39, 0.29) is 21.2 Å². The molecule has 0 radical (unpaired) electrons. The van der Waals surface area contributed by atoms with Gasteiger partial charge in [0, 0.05) is 5.69 Å². The molecular weight excluding hydrogens is 464 g/mol. The number of rotatable bonds is 7. The Hall–Kier alpha value is -3.36. The fourth-order valence-electron chi connectivity index (χ4n) is 3.33. The maximum Gasteiger partial charge on any atom is 0.339 e. The molecule has 0 saturated heterocycles. The normalized spacial score (nSPS) is 11.0. The molecule has 0 bridgehead atoms. The average molecular weight is 487 g/mol. The number of anilines is 2. The van der Waals surface area contributed by atoms with Crippen LogP contribution in [0.2, 0.25) is 5.02 Å². The molecule has 0 aromatic heterocycles. The van der Waals surface area contributed by atoms with Crippen molar-refractivity contribution in [1.29, 1.82) is 0 Å². The number of amides is 1. The highest BCUT2D eigenvalue weighted by Gasteiger charge is 2.27. The minimum atomic E-state index is -4.03. The van der Waals surface area contributed by atoms with E-state index in [1.807, 2.05) is 19.9 Å². The van der Waals surface area contributed by atoms with Gasteiger partial charge in [0.2, 0.25) is 5.91 Å². The van der Waals surface area contributed by atoms with E-state index in [0.717, 1.165) is 15.4 Å². The molecule has 0 aliphatic heterocycles. The number of halogens is 1. The summed E-state index contributed by atoms with van der Waals surface area (Å²) in [5.74, 6) is -1.24. The average Bonchev–Trinajstić information content (AvgIpc) is 2.78. The van der Waals surface area contributed by atoms with Gasteiger partial charge in [-0.3, -0.25) is 9.10 Å². The molecule has 0 aliphatic rings. The molecule has 9 heteroatoms. The maximum absolute atomic E-state index is 13.4. The first-order chi connectivity index (χ1) is 15.6. The fourth-order valence-corrected chi connectivity index (χ4v) is 4.95. The van der Waals surface area contributed by atoms with Gasteiger partial charge in [0.15, 0.2) is 0 Å². The molecule has 3 rings (SSSR count). The number of ether oxygens (including phenoxy) is 1. The van der Waals surface area contributed by atoms with E-state index in [9.17, 15) is 18.0 Å². The summed E-state index contributed by atoms with van der Waals surface area (Å²) in [6, 6.07) is 17.6. The van der Waals surface area contributed by atoms with Crippen LogP contribution in [0.25, 0.3) is 0 Å². The smallest absolute Gasteiger partial charge is 0.339 e. The summed E-state index contributed by atoms with van der Waals surface area (Å²) in [5, 5.41) is 2.80. The third kappa shape index (κ3) is 5.71. The van der Waals surface area contributed by atoms with Crippen LogP contribution >= 0.6 is 11.6 Å². The predicted octanol–water partition coefficient (Wildman–Crippen LogP) is 4.58. The standard InChI is InChI=1S/C24H23ClN2O5S/c1-16-11-17(2)13-19(12-16)27(33(30,31)20-7-5-4-6-8-20)15-23(28)26-18-9-10-22(25)21(14-18)24(29)32-3/h4-14H,15H2,1-3H3,(H,26,28). The Morgan fingerprint density at radius 1 is 0.970 bits per heavy atom. The van der Waals surface area contributed by atoms with Crippen molar-refractivity contribution in [3.8, 4) is 0 Å².